The lowest BCUT2D eigenvalue weighted by molar-refractivity contribution is -0.132. The summed E-state index contributed by atoms with van der Waals surface area (Å²) in [6.45, 7) is 6.26. The van der Waals surface area contributed by atoms with E-state index in [0.717, 1.165) is 48.6 Å². The molecule has 1 aromatic heterocycles. The second kappa shape index (κ2) is 9.63. The van der Waals surface area contributed by atoms with E-state index < -0.39 is 0 Å². The summed E-state index contributed by atoms with van der Waals surface area (Å²) in [6.07, 6.45) is 3.78. The van der Waals surface area contributed by atoms with Crippen LogP contribution in [0.2, 0.25) is 0 Å². The molecule has 1 aliphatic rings. The van der Waals surface area contributed by atoms with E-state index in [1.807, 2.05) is 42.2 Å². The van der Waals surface area contributed by atoms with E-state index in [9.17, 15) is 9.59 Å². The van der Waals surface area contributed by atoms with E-state index in [1.54, 1.807) is 14.0 Å². The van der Waals surface area contributed by atoms with Gasteiger partial charge in [0.05, 0.1) is 19.3 Å². The fraction of sp³-hybridized carbons (Fsp3) is 0.478. The van der Waals surface area contributed by atoms with Gasteiger partial charge in [0, 0.05) is 37.4 Å². The number of carbonyl (C=O) groups excluding carboxylic acids is 2. The minimum absolute atomic E-state index is 0.177. The molecule has 1 amide bonds. The molecular weight excluding hydrogens is 368 g/mol. The molecule has 6 nitrogen and oxygen atoms in total. The first-order valence-corrected chi connectivity index (χ1v) is 10.3. The Morgan fingerprint density at radius 1 is 1.07 bits per heavy atom. The molecular formula is C23H30N2O4. The SMILES string of the molecule is CCOC(=O)c1cc(-c2ccc(OC)cc2)n(CCC(=O)N2CCCCC2)c1C. The summed E-state index contributed by atoms with van der Waals surface area (Å²) < 4.78 is 12.5. The van der Waals surface area contributed by atoms with Crippen LogP contribution in [0.4, 0.5) is 0 Å². The van der Waals surface area contributed by atoms with Crippen LogP contribution in [-0.4, -0.2) is 48.1 Å². The Morgan fingerprint density at radius 3 is 2.38 bits per heavy atom. The van der Waals surface area contributed by atoms with Crippen molar-refractivity contribution < 1.29 is 19.1 Å². The Balaban J connectivity index is 1.87. The molecule has 0 unspecified atom stereocenters. The fourth-order valence-corrected chi connectivity index (χ4v) is 3.86. The molecule has 0 N–H and O–H groups in total. The number of likely N-dealkylation sites (tertiary alicyclic amines) is 1. The minimum atomic E-state index is -0.333. The highest BCUT2D eigenvalue weighted by atomic mass is 16.5. The van der Waals surface area contributed by atoms with Crippen molar-refractivity contribution in [2.75, 3.05) is 26.8 Å². The first kappa shape index (κ1) is 21.0. The first-order valence-electron chi connectivity index (χ1n) is 10.3. The lowest BCUT2D eigenvalue weighted by Crippen LogP contribution is -2.36. The molecule has 1 aliphatic heterocycles. The van der Waals surface area contributed by atoms with Crippen LogP contribution in [-0.2, 0) is 16.1 Å². The third kappa shape index (κ3) is 4.81. The molecule has 0 atom stereocenters. The van der Waals surface area contributed by atoms with Crippen molar-refractivity contribution in [1.82, 2.24) is 9.47 Å². The number of rotatable bonds is 7. The summed E-state index contributed by atoms with van der Waals surface area (Å²) in [7, 11) is 1.63. The van der Waals surface area contributed by atoms with Gasteiger partial charge in [-0.2, -0.15) is 0 Å². The van der Waals surface area contributed by atoms with Crippen LogP contribution in [0.25, 0.3) is 11.3 Å². The Hall–Kier alpha value is -2.76. The highest BCUT2D eigenvalue weighted by Crippen LogP contribution is 2.28. The third-order valence-corrected chi connectivity index (χ3v) is 5.51. The molecule has 0 saturated carbocycles. The second-order valence-electron chi connectivity index (χ2n) is 7.32. The highest BCUT2D eigenvalue weighted by molar-refractivity contribution is 5.92. The van der Waals surface area contributed by atoms with Gasteiger partial charge in [-0.25, -0.2) is 4.79 Å². The van der Waals surface area contributed by atoms with Crippen LogP contribution < -0.4 is 4.74 Å². The maximum Gasteiger partial charge on any atom is 0.339 e. The van der Waals surface area contributed by atoms with Crippen molar-refractivity contribution in [3.63, 3.8) is 0 Å². The number of hydrogen-bond donors (Lipinski definition) is 0. The Kier molecular flexibility index (Phi) is 6.96. The molecule has 156 valence electrons. The topological polar surface area (TPSA) is 60.8 Å². The zero-order valence-corrected chi connectivity index (χ0v) is 17.6. The number of ether oxygens (including phenoxy) is 2. The number of aromatic nitrogens is 1. The molecule has 2 aromatic rings. The molecule has 0 spiro atoms. The molecule has 1 fully saturated rings. The zero-order chi connectivity index (χ0) is 20.8. The molecule has 2 heterocycles. The summed E-state index contributed by atoms with van der Waals surface area (Å²) in [5.74, 6) is 0.617. The van der Waals surface area contributed by atoms with Gasteiger partial charge in [-0.1, -0.05) is 0 Å². The smallest absolute Gasteiger partial charge is 0.339 e. The van der Waals surface area contributed by atoms with E-state index in [4.69, 9.17) is 9.47 Å². The van der Waals surface area contributed by atoms with Gasteiger partial charge < -0.3 is 18.9 Å². The van der Waals surface area contributed by atoms with Gasteiger partial charge in [0.15, 0.2) is 0 Å². The van der Waals surface area contributed by atoms with Gasteiger partial charge in [-0.3, -0.25) is 4.79 Å². The Morgan fingerprint density at radius 2 is 1.76 bits per heavy atom. The summed E-state index contributed by atoms with van der Waals surface area (Å²) >= 11 is 0. The normalized spacial score (nSPS) is 14.0. The van der Waals surface area contributed by atoms with Gasteiger partial charge in [-0.15, -0.1) is 0 Å². The van der Waals surface area contributed by atoms with Gasteiger partial charge in [-0.05, 0) is 69.0 Å². The quantitative estimate of drug-likeness (QED) is 0.660. The molecule has 1 saturated heterocycles. The number of esters is 1. The lowest BCUT2D eigenvalue weighted by Gasteiger charge is -2.27. The van der Waals surface area contributed by atoms with Gasteiger partial charge >= 0.3 is 5.97 Å². The Labute approximate surface area is 172 Å². The molecule has 3 rings (SSSR count). The maximum atomic E-state index is 12.7. The average molecular weight is 399 g/mol. The summed E-state index contributed by atoms with van der Waals surface area (Å²) in [4.78, 5) is 27.0. The van der Waals surface area contributed by atoms with Crippen LogP contribution in [0.1, 0.15) is 48.7 Å². The van der Waals surface area contributed by atoms with Crippen LogP contribution in [0.15, 0.2) is 30.3 Å². The summed E-state index contributed by atoms with van der Waals surface area (Å²) in [5, 5.41) is 0. The molecule has 1 aromatic carbocycles. The predicted molar refractivity (Wildman–Crippen MR) is 112 cm³/mol. The monoisotopic (exact) mass is 398 g/mol. The van der Waals surface area contributed by atoms with Crippen LogP contribution >= 0.6 is 0 Å². The van der Waals surface area contributed by atoms with Crippen molar-refractivity contribution in [2.24, 2.45) is 0 Å². The molecule has 6 heteroatoms. The largest absolute Gasteiger partial charge is 0.497 e. The van der Waals surface area contributed by atoms with E-state index in [-0.39, 0.29) is 11.9 Å². The minimum Gasteiger partial charge on any atom is -0.497 e. The summed E-state index contributed by atoms with van der Waals surface area (Å²) in [5.41, 5.74) is 3.23. The number of benzene rings is 1. The van der Waals surface area contributed by atoms with E-state index in [0.29, 0.717) is 25.1 Å². The zero-order valence-electron chi connectivity index (χ0n) is 17.6. The van der Waals surface area contributed by atoms with Crippen LogP contribution in [0.5, 0.6) is 5.75 Å². The lowest BCUT2D eigenvalue weighted by atomic mass is 10.1. The highest BCUT2D eigenvalue weighted by Gasteiger charge is 2.21. The number of methoxy groups -OCH3 is 1. The number of carbonyl (C=O) groups is 2. The van der Waals surface area contributed by atoms with Crippen molar-refractivity contribution in [1.29, 1.82) is 0 Å². The predicted octanol–water partition coefficient (Wildman–Crippen LogP) is 4.05. The molecule has 29 heavy (non-hydrogen) atoms. The third-order valence-electron chi connectivity index (χ3n) is 5.51. The van der Waals surface area contributed by atoms with Crippen LogP contribution in [0, 0.1) is 6.92 Å². The van der Waals surface area contributed by atoms with Crippen molar-refractivity contribution in [3.8, 4) is 17.0 Å². The fourth-order valence-electron chi connectivity index (χ4n) is 3.86. The molecule has 0 radical (unpaired) electrons. The number of hydrogen-bond acceptors (Lipinski definition) is 4. The molecule has 0 aliphatic carbocycles. The standard InChI is InChI=1S/C23H30N2O4/c1-4-29-23(27)20-16-21(18-8-10-19(28-3)11-9-18)25(17(20)2)15-12-22(26)24-13-6-5-7-14-24/h8-11,16H,4-7,12-15H2,1-3H3. The average Bonchev–Trinajstić information content (AvgIpc) is 3.09. The Bertz CT molecular complexity index is 849. The second-order valence-corrected chi connectivity index (χ2v) is 7.32. The maximum absolute atomic E-state index is 12.7. The van der Waals surface area contributed by atoms with E-state index in [1.165, 1.54) is 6.42 Å². The van der Waals surface area contributed by atoms with Gasteiger partial charge in [0.2, 0.25) is 5.91 Å². The number of piperidine rings is 1. The van der Waals surface area contributed by atoms with Gasteiger partial charge in [0.1, 0.15) is 5.75 Å². The molecule has 0 bridgehead atoms. The first-order chi connectivity index (χ1) is 14.0. The number of nitrogens with zero attached hydrogens (tertiary/aromatic N) is 2. The van der Waals surface area contributed by atoms with Crippen LogP contribution in [0.3, 0.4) is 0 Å². The number of amides is 1. The van der Waals surface area contributed by atoms with E-state index >= 15 is 0 Å². The van der Waals surface area contributed by atoms with Crippen molar-refractivity contribution >= 4 is 11.9 Å². The van der Waals surface area contributed by atoms with Crippen molar-refractivity contribution in [2.45, 2.75) is 46.1 Å². The summed E-state index contributed by atoms with van der Waals surface area (Å²) in [6, 6.07) is 9.58. The van der Waals surface area contributed by atoms with Crippen molar-refractivity contribution in [3.05, 3.63) is 41.6 Å². The van der Waals surface area contributed by atoms with E-state index in [2.05, 4.69) is 4.57 Å². The van der Waals surface area contributed by atoms with Gasteiger partial charge in [0.25, 0.3) is 0 Å².